The minimum absolute atomic E-state index is 0.0275. The van der Waals surface area contributed by atoms with Gasteiger partial charge in [0.1, 0.15) is 47.7 Å². The number of anilines is 3. The van der Waals surface area contributed by atoms with Gasteiger partial charge in [0.25, 0.3) is 5.56 Å². The highest BCUT2D eigenvalue weighted by atomic mass is 35.5. The molecule has 0 bridgehead atoms. The smallest absolute Gasteiger partial charge is 0.267 e. The summed E-state index contributed by atoms with van der Waals surface area (Å²) in [6, 6.07) is 9.25. The second-order valence-electron chi connectivity index (χ2n) is 7.33. The Hall–Kier alpha value is -4.34. The molecule has 2 aromatic heterocycles. The average molecular weight is 499 g/mol. The number of nitrogens with one attached hydrogen (secondary N) is 1. The van der Waals surface area contributed by atoms with Crippen LogP contribution in [-0.4, -0.2) is 25.7 Å². The van der Waals surface area contributed by atoms with Gasteiger partial charge in [0.15, 0.2) is 5.82 Å². The summed E-state index contributed by atoms with van der Waals surface area (Å²) in [6.45, 7) is 1.32. The molecule has 0 saturated heterocycles. The summed E-state index contributed by atoms with van der Waals surface area (Å²) in [4.78, 5) is 25.5. The fourth-order valence-electron chi connectivity index (χ4n) is 3.41. The molecular weight excluding hydrogens is 482 g/mol. The Morgan fingerprint density at radius 1 is 1.20 bits per heavy atom. The third-order valence-corrected chi connectivity index (χ3v) is 5.21. The van der Waals surface area contributed by atoms with E-state index in [1.165, 1.54) is 6.07 Å². The predicted molar refractivity (Wildman–Crippen MR) is 126 cm³/mol. The Labute approximate surface area is 201 Å². The van der Waals surface area contributed by atoms with Crippen LogP contribution in [0.4, 0.5) is 26.4 Å². The molecule has 35 heavy (non-hydrogen) atoms. The SMILES string of the molecule is C[C@H](Nc1nc(N)nc(N)c1C#N)OCc1nc2cccc(Cl)c2c(=O)n1-c1cc(F)cc(F)c1. The Kier molecular flexibility index (Phi) is 6.46. The van der Waals surface area contributed by atoms with E-state index in [4.69, 9.17) is 27.8 Å². The summed E-state index contributed by atoms with van der Waals surface area (Å²) in [6.07, 6.45) is -0.791. The Balaban J connectivity index is 1.73. The largest absolute Gasteiger partial charge is 0.382 e. The van der Waals surface area contributed by atoms with Crippen LogP contribution in [0, 0.1) is 23.0 Å². The van der Waals surface area contributed by atoms with E-state index in [0.29, 0.717) is 6.07 Å². The van der Waals surface area contributed by atoms with Gasteiger partial charge in [-0.15, -0.1) is 0 Å². The maximum Gasteiger partial charge on any atom is 0.267 e. The maximum absolute atomic E-state index is 14.0. The number of aromatic nitrogens is 4. The zero-order valence-corrected chi connectivity index (χ0v) is 18.8. The highest BCUT2D eigenvalue weighted by molar-refractivity contribution is 6.35. The molecule has 0 fully saturated rings. The summed E-state index contributed by atoms with van der Waals surface area (Å²) in [5, 5.41) is 12.4. The zero-order chi connectivity index (χ0) is 25.3. The van der Waals surface area contributed by atoms with Crippen molar-refractivity contribution in [3.05, 3.63) is 74.8 Å². The van der Waals surface area contributed by atoms with E-state index < -0.39 is 23.4 Å². The fourth-order valence-corrected chi connectivity index (χ4v) is 3.66. The van der Waals surface area contributed by atoms with E-state index in [9.17, 15) is 18.8 Å². The number of hydrogen-bond donors (Lipinski definition) is 3. The van der Waals surface area contributed by atoms with Gasteiger partial charge in [0, 0.05) is 6.07 Å². The number of nitriles is 1. The third-order valence-electron chi connectivity index (χ3n) is 4.89. The number of nitrogen functional groups attached to an aromatic ring is 2. The number of nitrogens with two attached hydrogens (primary N) is 2. The van der Waals surface area contributed by atoms with Crippen LogP contribution >= 0.6 is 11.6 Å². The molecule has 4 rings (SSSR count). The van der Waals surface area contributed by atoms with E-state index in [2.05, 4.69) is 20.3 Å². The van der Waals surface area contributed by atoms with Crippen LogP contribution < -0.4 is 22.3 Å². The van der Waals surface area contributed by atoms with Crippen molar-refractivity contribution >= 4 is 40.1 Å². The molecule has 0 aliphatic heterocycles. The van der Waals surface area contributed by atoms with Gasteiger partial charge < -0.3 is 21.5 Å². The van der Waals surface area contributed by atoms with Crippen molar-refractivity contribution in [3.8, 4) is 11.8 Å². The predicted octanol–water partition coefficient (Wildman–Crippen LogP) is 3.12. The van der Waals surface area contributed by atoms with E-state index in [1.807, 2.05) is 6.07 Å². The molecule has 0 unspecified atom stereocenters. The molecule has 5 N–H and O–H groups in total. The molecule has 0 amide bonds. The van der Waals surface area contributed by atoms with E-state index in [-0.39, 0.29) is 57.2 Å². The lowest BCUT2D eigenvalue weighted by molar-refractivity contribution is 0.0656. The molecular formula is C22H17ClF2N8O2. The summed E-state index contributed by atoms with van der Waals surface area (Å²) < 4.78 is 34.7. The molecule has 10 nitrogen and oxygen atoms in total. The maximum atomic E-state index is 14.0. The zero-order valence-electron chi connectivity index (χ0n) is 18.1. The molecule has 0 aliphatic rings. The number of nitrogens with zero attached hydrogens (tertiary/aromatic N) is 5. The second-order valence-corrected chi connectivity index (χ2v) is 7.74. The minimum Gasteiger partial charge on any atom is -0.382 e. The number of benzene rings is 2. The minimum atomic E-state index is -0.879. The van der Waals surface area contributed by atoms with Crippen LogP contribution in [0.3, 0.4) is 0 Å². The normalized spacial score (nSPS) is 11.9. The van der Waals surface area contributed by atoms with Gasteiger partial charge in [-0.3, -0.25) is 9.36 Å². The van der Waals surface area contributed by atoms with Crippen LogP contribution in [0.15, 0.2) is 41.2 Å². The lowest BCUT2D eigenvalue weighted by Gasteiger charge is -2.19. The van der Waals surface area contributed by atoms with Gasteiger partial charge in [-0.2, -0.15) is 15.2 Å². The van der Waals surface area contributed by atoms with Crippen molar-refractivity contribution in [2.75, 3.05) is 16.8 Å². The highest BCUT2D eigenvalue weighted by Gasteiger charge is 2.18. The number of halogens is 3. The summed E-state index contributed by atoms with van der Waals surface area (Å²) in [7, 11) is 0. The molecule has 13 heteroatoms. The van der Waals surface area contributed by atoms with Gasteiger partial charge in [-0.25, -0.2) is 13.8 Å². The van der Waals surface area contributed by atoms with Crippen molar-refractivity contribution in [2.45, 2.75) is 19.8 Å². The number of rotatable bonds is 6. The first-order chi connectivity index (χ1) is 16.7. The molecule has 0 spiro atoms. The number of hydrogen-bond acceptors (Lipinski definition) is 9. The standard InChI is InChI=1S/C22H17ClF2N8O2/c1-10(29-20-14(8-26)19(27)31-22(28)32-20)35-9-17-30-16-4-2-3-15(23)18(16)21(34)33(17)13-6-11(24)5-12(25)7-13/h2-7,10H,9H2,1H3,(H5,27,28,29,31,32)/t10-/m1/s1. The van der Waals surface area contributed by atoms with Crippen molar-refractivity contribution < 1.29 is 13.5 Å². The van der Waals surface area contributed by atoms with Gasteiger partial charge in [-0.05, 0) is 31.2 Å². The molecule has 0 radical (unpaired) electrons. The monoisotopic (exact) mass is 498 g/mol. The lowest BCUT2D eigenvalue weighted by Crippen LogP contribution is -2.27. The van der Waals surface area contributed by atoms with Crippen molar-refractivity contribution in [1.82, 2.24) is 19.5 Å². The van der Waals surface area contributed by atoms with Crippen molar-refractivity contribution in [3.63, 3.8) is 0 Å². The number of fused-ring (bicyclic) bond motifs is 1. The van der Waals surface area contributed by atoms with Gasteiger partial charge in [0.05, 0.1) is 21.6 Å². The first-order valence-corrected chi connectivity index (χ1v) is 10.4. The molecule has 178 valence electrons. The van der Waals surface area contributed by atoms with Crippen molar-refractivity contribution in [2.24, 2.45) is 0 Å². The Bertz CT molecular complexity index is 1530. The molecule has 4 aromatic rings. The lowest BCUT2D eigenvalue weighted by atomic mass is 10.2. The molecule has 2 heterocycles. The van der Waals surface area contributed by atoms with E-state index >= 15 is 0 Å². The van der Waals surface area contributed by atoms with Crippen LogP contribution in [-0.2, 0) is 11.3 Å². The van der Waals surface area contributed by atoms with Crippen molar-refractivity contribution in [1.29, 1.82) is 5.26 Å². The van der Waals surface area contributed by atoms with E-state index in [0.717, 1.165) is 16.7 Å². The third kappa shape index (κ3) is 4.81. The Morgan fingerprint density at radius 2 is 1.91 bits per heavy atom. The van der Waals surface area contributed by atoms with Gasteiger partial charge in [0.2, 0.25) is 5.95 Å². The fraction of sp³-hybridized carbons (Fsp3) is 0.136. The summed E-state index contributed by atoms with van der Waals surface area (Å²) >= 11 is 6.21. The first-order valence-electron chi connectivity index (χ1n) is 10.1. The second kappa shape index (κ2) is 9.49. The molecule has 2 aromatic carbocycles. The summed E-state index contributed by atoms with van der Waals surface area (Å²) in [5.41, 5.74) is 10.8. The van der Waals surface area contributed by atoms with Crippen LogP contribution in [0.2, 0.25) is 5.02 Å². The number of ether oxygens (including phenoxy) is 1. The van der Waals surface area contributed by atoms with Gasteiger partial charge in [-0.1, -0.05) is 17.7 Å². The molecule has 0 aliphatic carbocycles. The highest BCUT2D eigenvalue weighted by Crippen LogP contribution is 2.23. The summed E-state index contributed by atoms with van der Waals surface area (Å²) in [5.74, 6) is -1.92. The average Bonchev–Trinajstić information content (AvgIpc) is 2.76. The topological polar surface area (TPSA) is 158 Å². The quantitative estimate of drug-likeness (QED) is 0.339. The van der Waals surface area contributed by atoms with Crippen LogP contribution in [0.5, 0.6) is 0 Å². The van der Waals surface area contributed by atoms with Crippen LogP contribution in [0.25, 0.3) is 16.6 Å². The van der Waals surface area contributed by atoms with E-state index in [1.54, 1.807) is 19.1 Å². The first kappa shape index (κ1) is 23.8. The Morgan fingerprint density at radius 3 is 2.60 bits per heavy atom. The van der Waals surface area contributed by atoms with Crippen LogP contribution in [0.1, 0.15) is 18.3 Å². The molecule has 1 atom stereocenters. The van der Waals surface area contributed by atoms with Gasteiger partial charge >= 0.3 is 0 Å². The molecule has 0 saturated carbocycles.